The van der Waals surface area contributed by atoms with Crippen LogP contribution >= 0.6 is 0 Å². The van der Waals surface area contributed by atoms with E-state index in [4.69, 9.17) is 14.2 Å². The first kappa shape index (κ1) is 25.7. The number of carbonyl (C=O) groups is 1. The molecule has 0 aliphatic carbocycles. The molecule has 0 spiro atoms. The average molecular weight is 530 g/mol. The van der Waals surface area contributed by atoms with Gasteiger partial charge in [0.05, 0.1) is 56.5 Å². The average Bonchev–Trinajstić information content (AvgIpc) is 3.27. The number of hydrogen-bond acceptors (Lipinski definition) is 5. The quantitative estimate of drug-likeness (QED) is 0.257. The molecular formula is C30H25F2N3O4. The van der Waals surface area contributed by atoms with Crippen LogP contribution in [0.15, 0.2) is 72.9 Å². The Bertz CT molecular complexity index is 1680. The lowest BCUT2D eigenvalue weighted by Crippen LogP contribution is -2.20. The molecule has 0 saturated heterocycles. The van der Waals surface area contributed by atoms with Crippen LogP contribution in [0.5, 0.6) is 17.2 Å². The molecule has 0 radical (unpaired) electrons. The van der Waals surface area contributed by atoms with Gasteiger partial charge in [0, 0.05) is 22.9 Å². The number of rotatable bonds is 8. The first-order chi connectivity index (χ1) is 18.9. The minimum absolute atomic E-state index is 0.183. The van der Waals surface area contributed by atoms with Crippen LogP contribution in [0.4, 0.5) is 8.78 Å². The molecule has 5 rings (SSSR count). The zero-order valence-corrected chi connectivity index (χ0v) is 21.5. The van der Waals surface area contributed by atoms with Gasteiger partial charge in [0.25, 0.3) is 0 Å². The Labute approximate surface area is 223 Å². The van der Waals surface area contributed by atoms with Crippen LogP contribution in [-0.2, 0) is 11.3 Å². The number of para-hydroxylation sites is 1. The molecule has 1 amide bonds. The van der Waals surface area contributed by atoms with Crippen LogP contribution in [0.1, 0.15) is 11.3 Å². The van der Waals surface area contributed by atoms with Crippen molar-refractivity contribution in [1.29, 1.82) is 0 Å². The number of methoxy groups -OCH3 is 3. The molecule has 2 aromatic heterocycles. The van der Waals surface area contributed by atoms with Gasteiger partial charge in [0.15, 0.2) is 11.5 Å². The molecule has 0 atom stereocenters. The fraction of sp³-hybridized carbons (Fsp3) is 0.133. The van der Waals surface area contributed by atoms with Crippen LogP contribution in [0.3, 0.4) is 0 Å². The number of halogens is 2. The molecule has 1 N–H and O–H groups in total. The van der Waals surface area contributed by atoms with Gasteiger partial charge in [-0.15, -0.1) is 0 Å². The normalized spacial score (nSPS) is 11.3. The maximum absolute atomic E-state index is 14.0. The Balaban J connectivity index is 1.39. The molecule has 7 nitrogen and oxygen atoms in total. The third-order valence-electron chi connectivity index (χ3n) is 6.28. The number of carbonyl (C=O) groups excluding carboxylic acids is 1. The largest absolute Gasteiger partial charge is 0.493 e. The number of ether oxygens (including phenoxy) is 3. The lowest BCUT2D eigenvalue weighted by molar-refractivity contribution is -0.116. The fourth-order valence-corrected chi connectivity index (χ4v) is 4.56. The zero-order valence-electron chi connectivity index (χ0n) is 21.5. The molecule has 0 saturated carbocycles. The summed E-state index contributed by atoms with van der Waals surface area (Å²) in [5.41, 5.74) is 3.16. The van der Waals surface area contributed by atoms with E-state index in [1.165, 1.54) is 39.5 Å². The number of nitrogens with zero attached hydrogens (tertiary/aromatic N) is 2. The highest BCUT2D eigenvalue weighted by Gasteiger charge is 2.15. The van der Waals surface area contributed by atoms with E-state index < -0.39 is 11.6 Å². The molecule has 0 bridgehead atoms. The van der Waals surface area contributed by atoms with E-state index >= 15 is 0 Å². The molecule has 5 aromatic rings. The molecule has 0 fully saturated rings. The third-order valence-corrected chi connectivity index (χ3v) is 6.28. The van der Waals surface area contributed by atoms with Gasteiger partial charge in [-0.05, 0) is 48.0 Å². The number of benzene rings is 3. The lowest BCUT2D eigenvalue weighted by atomic mass is 10.1. The molecule has 198 valence electrons. The van der Waals surface area contributed by atoms with Gasteiger partial charge >= 0.3 is 0 Å². The zero-order chi connectivity index (χ0) is 27.5. The first-order valence-corrected chi connectivity index (χ1v) is 12.0. The number of amides is 1. The van der Waals surface area contributed by atoms with Crippen molar-refractivity contribution < 1.29 is 27.8 Å². The summed E-state index contributed by atoms with van der Waals surface area (Å²) in [7, 11) is 4.57. The van der Waals surface area contributed by atoms with Gasteiger partial charge < -0.3 is 24.1 Å². The number of aromatic nitrogens is 2. The standard InChI is InChI=1S/C30H25F2N3O4/c1-37-27-10-18(11-28(38-2)30(27)39-3)8-9-29(36)34-16-21-15-24-23-6-4-5-7-25(23)35(26(24)17-33-21)22-13-19(31)12-20(32)14-22/h4-15,17H,16H2,1-3H3,(H,34,36)/b9-8+. The van der Waals surface area contributed by atoms with E-state index in [1.807, 2.05) is 30.3 Å². The van der Waals surface area contributed by atoms with Crippen molar-refractivity contribution in [3.05, 3.63) is 95.8 Å². The Morgan fingerprint density at radius 2 is 1.59 bits per heavy atom. The summed E-state index contributed by atoms with van der Waals surface area (Å²) in [5, 5.41) is 4.58. The van der Waals surface area contributed by atoms with Gasteiger partial charge in [-0.25, -0.2) is 8.78 Å². The first-order valence-electron chi connectivity index (χ1n) is 12.0. The van der Waals surface area contributed by atoms with Gasteiger partial charge in [-0.2, -0.15) is 0 Å². The van der Waals surface area contributed by atoms with Gasteiger partial charge in [0.2, 0.25) is 11.7 Å². The lowest BCUT2D eigenvalue weighted by Gasteiger charge is -2.12. The Hall–Kier alpha value is -4.92. The van der Waals surface area contributed by atoms with E-state index in [0.29, 0.717) is 39.7 Å². The second-order valence-electron chi connectivity index (χ2n) is 8.68. The smallest absolute Gasteiger partial charge is 0.244 e. The summed E-state index contributed by atoms with van der Waals surface area (Å²) in [6.45, 7) is 0.183. The van der Waals surface area contributed by atoms with E-state index in [2.05, 4.69) is 10.3 Å². The van der Waals surface area contributed by atoms with Crippen molar-refractivity contribution in [3.63, 3.8) is 0 Å². The predicted octanol–water partition coefficient (Wildman–Crippen LogP) is 5.81. The molecule has 39 heavy (non-hydrogen) atoms. The van der Waals surface area contributed by atoms with Gasteiger partial charge in [-0.3, -0.25) is 9.78 Å². The van der Waals surface area contributed by atoms with E-state index in [0.717, 1.165) is 22.4 Å². The van der Waals surface area contributed by atoms with Crippen LogP contribution in [0.2, 0.25) is 0 Å². The second kappa shape index (κ2) is 10.8. The summed E-state index contributed by atoms with van der Waals surface area (Å²) >= 11 is 0. The Morgan fingerprint density at radius 1 is 0.897 bits per heavy atom. The van der Waals surface area contributed by atoms with Crippen molar-refractivity contribution in [2.24, 2.45) is 0 Å². The van der Waals surface area contributed by atoms with Crippen molar-refractivity contribution in [2.45, 2.75) is 6.54 Å². The van der Waals surface area contributed by atoms with Crippen LogP contribution in [0, 0.1) is 11.6 Å². The minimum Gasteiger partial charge on any atom is -0.493 e. The maximum atomic E-state index is 14.0. The number of hydrogen-bond donors (Lipinski definition) is 1. The second-order valence-corrected chi connectivity index (χ2v) is 8.68. The monoisotopic (exact) mass is 529 g/mol. The van der Waals surface area contributed by atoms with E-state index in [1.54, 1.807) is 29.0 Å². The topological polar surface area (TPSA) is 74.6 Å². The Kier molecular flexibility index (Phi) is 7.14. The van der Waals surface area contributed by atoms with Gasteiger partial charge in [0.1, 0.15) is 11.6 Å². The van der Waals surface area contributed by atoms with Gasteiger partial charge in [-0.1, -0.05) is 18.2 Å². The third kappa shape index (κ3) is 5.11. The number of fused-ring (bicyclic) bond motifs is 3. The van der Waals surface area contributed by atoms with Crippen molar-refractivity contribution in [1.82, 2.24) is 14.9 Å². The fourth-order valence-electron chi connectivity index (χ4n) is 4.56. The highest BCUT2D eigenvalue weighted by molar-refractivity contribution is 6.09. The SMILES string of the molecule is COc1cc(/C=C/C(=O)NCc2cc3c4ccccc4n(-c4cc(F)cc(F)c4)c3cn2)cc(OC)c1OC. The van der Waals surface area contributed by atoms with E-state index in [-0.39, 0.29) is 12.5 Å². The highest BCUT2D eigenvalue weighted by Crippen LogP contribution is 2.38. The minimum atomic E-state index is -0.664. The number of nitrogens with one attached hydrogen (secondary N) is 1. The summed E-state index contributed by atoms with van der Waals surface area (Å²) < 4.78 is 45.8. The molecular weight excluding hydrogens is 504 g/mol. The van der Waals surface area contributed by atoms with Crippen LogP contribution in [-0.4, -0.2) is 36.8 Å². The van der Waals surface area contributed by atoms with Crippen LogP contribution in [0.25, 0.3) is 33.6 Å². The number of pyridine rings is 1. The molecule has 0 aliphatic heterocycles. The molecule has 2 heterocycles. The summed E-state index contributed by atoms with van der Waals surface area (Å²) in [5.74, 6) is -0.218. The predicted molar refractivity (Wildman–Crippen MR) is 145 cm³/mol. The van der Waals surface area contributed by atoms with Crippen molar-refractivity contribution in [3.8, 4) is 22.9 Å². The molecule has 0 unspecified atom stereocenters. The summed E-state index contributed by atoms with van der Waals surface area (Å²) in [6.07, 6.45) is 4.69. The Morgan fingerprint density at radius 3 is 2.26 bits per heavy atom. The summed E-state index contributed by atoms with van der Waals surface area (Å²) in [6, 6.07) is 16.3. The van der Waals surface area contributed by atoms with Crippen molar-refractivity contribution >= 4 is 33.8 Å². The molecule has 3 aromatic carbocycles. The van der Waals surface area contributed by atoms with Crippen molar-refractivity contribution in [2.75, 3.05) is 21.3 Å². The summed E-state index contributed by atoms with van der Waals surface area (Å²) in [4.78, 5) is 17.1. The van der Waals surface area contributed by atoms with Crippen LogP contribution < -0.4 is 19.5 Å². The highest BCUT2D eigenvalue weighted by atomic mass is 19.1. The van der Waals surface area contributed by atoms with E-state index in [9.17, 15) is 13.6 Å². The molecule has 0 aliphatic rings. The maximum Gasteiger partial charge on any atom is 0.244 e. The molecule has 9 heteroatoms.